The van der Waals surface area contributed by atoms with Gasteiger partial charge in [-0.1, -0.05) is 0 Å². The van der Waals surface area contributed by atoms with Crippen molar-refractivity contribution < 1.29 is 18.7 Å². The first-order valence-corrected chi connectivity index (χ1v) is 4.79. The number of hydrogen-bond acceptors (Lipinski definition) is 2. The first-order valence-electron chi connectivity index (χ1n) is 3.73. The molecule has 70 valence electrons. The second kappa shape index (κ2) is 3.97. The Bertz CT molecular complexity index is 186. The van der Waals surface area contributed by atoms with Crippen LogP contribution in [0.1, 0.15) is 19.3 Å². The van der Waals surface area contributed by atoms with Gasteiger partial charge in [0.15, 0.2) is 0 Å². The van der Waals surface area contributed by atoms with Crippen LogP contribution in [0.4, 0.5) is 0 Å². The Morgan fingerprint density at radius 3 is 2.58 bits per heavy atom. The molecule has 0 aliphatic carbocycles. The second-order valence-corrected chi connectivity index (χ2v) is 3.65. The fraction of sp³-hybridized carbons (Fsp3) is 0.833. The zero-order valence-corrected chi connectivity index (χ0v) is 7.29. The van der Waals surface area contributed by atoms with E-state index in [9.17, 15) is 9.00 Å². The van der Waals surface area contributed by atoms with Crippen LogP contribution in [0, 0.1) is 0 Å². The number of aliphatic carboxylic acids is 1. The molecule has 5 nitrogen and oxygen atoms in total. The molecule has 0 bridgehead atoms. The maximum Gasteiger partial charge on any atom is 0.322 e. The van der Waals surface area contributed by atoms with E-state index in [1.165, 1.54) is 0 Å². The van der Waals surface area contributed by atoms with Gasteiger partial charge in [0, 0.05) is 6.54 Å². The van der Waals surface area contributed by atoms with E-state index in [4.69, 9.17) is 9.66 Å². The van der Waals surface area contributed by atoms with E-state index in [-0.39, 0.29) is 0 Å². The minimum Gasteiger partial charge on any atom is -0.480 e. The molecule has 6 heteroatoms. The van der Waals surface area contributed by atoms with E-state index in [2.05, 4.69) is 0 Å². The summed E-state index contributed by atoms with van der Waals surface area (Å²) >= 11 is -2.15. The summed E-state index contributed by atoms with van der Waals surface area (Å²) in [6, 6.07) is -0.787. The van der Waals surface area contributed by atoms with Gasteiger partial charge < -0.3 is 5.11 Å². The molecule has 0 saturated carbocycles. The summed E-state index contributed by atoms with van der Waals surface area (Å²) in [5, 5.41) is 8.67. The topological polar surface area (TPSA) is 77.8 Å². The Morgan fingerprint density at radius 1 is 1.50 bits per heavy atom. The molecule has 0 amide bonds. The van der Waals surface area contributed by atoms with Gasteiger partial charge in [0.2, 0.25) is 11.3 Å². The van der Waals surface area contributed by atoms with Crippen LogP contribution >= 0.6 is 0 Å². The highest BCUT2D eigenvalue weighted by molar-refractivity contribution is 7.76. The van der Waals surface area contributed by atoms with Crippen LogP contribution in [-0.2, 0) is 16.1 Å². The summed E-state index contributed by atoms with van der Waals surface area (Å²) in [6.07, 6.45) is 2.06. The van der Waals surface area contributed by atoms with E-state index in [1.54, 1.807) is 0 Å². The molecule has 1 rings (SSSR count). The van der Waals surface area contributed by atoms with Crippen LogP contribution < -0.4 is 0 Å². The molecule has 1 aliphatic rings. The van der Waals surface area contributed by atoms with E-state index in [0.717, 1.165) is 17.1 Å². The average molecular weight is 193 g/mol. The minimum absolute atomic E-state index is 0.389. The maximum atomic E-state index is 10.6. The lowest BCUT2D eigenvalue weighted by atomic mass is 10.1. The van der Waals surface area contributed by atoms with Crippen molar-refractivity contribution in [3.8, 4) is 0 Å². The highest BCUT2D eigenvalue weighted by Gasteiger charge is 2.31. The number of carbonyl (C=O) groups is 1. The SMILES string of the molecule is O=C(O)C1CCCCN1S(=O)O. The van der Waals surface area contributed by atoms with Gasteiger partial charge in [0.1, 0.15) is 6.04 Å². The average Bonchev–Trinajstić information content (AvgIpc) is 2.04. The molecule has 1 saturated heterocycles. The van der Waals surface area contributed by atoms with Crippen LogP contribution in [-0.4, -0.2) is 36.7 Å². The van der Waals surface area contributed by atoms with Crippen molar-refractivity contribution in [2.75, 3.05) is 6.54 Å². The van der Waals surface area contributed by atoms with Gasteiger partial charge in [-0.25, -0.2) is 4.21 Å². The molecule has 1 fully saturated rings. The lowest BCUT2D eigenvalue weighted by Crippen LogP contribution is -2.45. The molecule has 0 aromatic heterocycles. The van der Waals surface area contributed by atoms with Crippen molar-refractivity contribution in [3.63, 3.8) is 0 Å². The smallest absolute Gasteiger partial charge is 0.322 e. The van der Waals surface area contributed by atoms with Gasteiger partial charge >= 0.3 is 5.97 Å². The van der Waals surface area contributed by atoms with Gasteiger partial charge in [0.25, 0.3) is 0 Å². The van der Waals surface area contributed by atoms with E-state index in [1.807, 2.05) is 0 Å². The Balaban J connectivity index is 2.67. The number of carboxylic acid groups (broad SMARTS) is 1. The van der Waals surface area contributed by atoms with Gasteiger partial charge in [-0.15, -0.1) is 0 Å². The summed E-state index contributed by atoms with van der Waals surface area (Å²) in [6.45, 7) is 0.389. The monoisotopic (exact) mass is 193 g/mol. The molecule has 1 aliphatic heterocycles. The zero-order chi connectivity index (χ0) is 9.14. The van der Waals surface area contributed by atoms with Crippen LogP contribution in [0.3, 0.4) is 0 Å². The largest absolute Gasteiger partial charge is 0.480 e. The molecule has 0 aromatic rings. The van der Waals surface area contributed by atoms with Crippen molar-refractivity contribution in [1.29, 1.82) is 0 Å². The summed E-state index contributed by atoms with van der Waals surface area (Å²) in [5.74, 6) is -1.02. The van der Waals surface area contributed by atoms with Crippen LogP contribution in [0.5, 0.6) is 0 Å². The van der Waals surface area contributed by atoms with Crippen molar-refractivity contribution in [3.05, 3.63) is 0 Å². The standard InChI is InChI=1S/C6H11NO4S/c8-6(9)5-3-1-2-4-7(5)12(10)11/h5H,1-4H2,(H,8,9)(H,10,11). The number of hydrogen-bond donors (Lipinski definition) is 2. The third-order valence-corrected chi connectivity index (χ3v) is 2.78. The second-order valence-electron chi connectivity index (χ2n) is 2.72. The minimum atomic E-state index is -2.15. The molecule has 2 unspecified atom stereocenters. The maximum absolute atomic E-state index is 10.6. The lowest BCUT2D eigenvalue weighted by Gasteiger charge is -2.28. The first kappa shape index (κ1) is 9.63. The van der Waals surface area contributed by atoms with Crippen molar-refractivity contribution in [2.24, 2.45) is 0 Å². The molecule has 0 radical (unpaired) electrons. The Morgan fingerprint density at radius 2 is 2.17 bits per heavy atom. The van der Waals surface area contributed by atoms with Crippen molar-refractivity contribution in [1.82, 2.24) is 4.31 Å². The number of rotatable bonds is 2. The number of piperidine rings is 1. The highest BCUT2D eigenvalue weighted by atomic mass is 32.2. The first-order chi connectivity index (χ1) is 5.63. The molecule has 0 spiro atoms. The van der Waals surface area contributed by atoms with Crippen LogP contribution in [0.2, 0.25) is 0 Å². The number of carboxylic acids is 1. The normalized spacial score (nSPS) is 28.2. The van der Waals surface area contributed by atoms with E-state index < -0.39 is 23.3 Å². The Labute approximate surface area is 72.8 Å². The molecule has 1 heterocycles. The summed E-state index contributed by atoms with van der Waals surface area (Å²) in [4.78, 5) is 10.6. The summed E-state index contributed by atoms with van der Waals surface area (Å²) < 4.78 is 20.5. The van der Waals surface area contributed by atoms with Crippen molar-refractivity contribution >= 4 is 17.2 Å². The lowest BCUT2D eigenvalue weighted by molar-refractivity contribution is -0.142. The highest BCUT2D eigenvalue weighted by Crippen LogP contribution is 2.17. The van der Waals surface area contributed by atoms with E-state index in [0.29, 0.717) is 13.0 Å². The van der Waals surface area contributed by atoms with Gasteiger partial charge in [0.05, 0.1) is 0 Å². The quantitative estimate of drug-likeness (QED) is 0.608. The molecule has 2 atom stereocenters. The molecule has 2 N–H and O–H groups in total. The summed E-state index contributed by atoms with van der Waals surface area (Å²) in [5.41, 5.74) is 0. The van der Waals surface area contributed by atoms with Crippen LogP contribution in [0.15, 0.2) is 0 Å². The third-order valence-electron chi connectivity index (χ3n) is 1.94. The molecule has 0 aromatic carbocycles. The fourth-order valence-electron chi connectivity index (χ4n) is 1.34. The Hall–Kier alpha value is -0.460. The summed E-state index contributed by atoms with van der Waals surface area (Å²) in [7, 11) is 0. The fourth-order valence-corrected chi connectivity index (χ4v) is 2.04. The van der Waals surface area contributed by atoms with Gasteiger partial charge in [-0.2, -0.15) is 4.31 Å². The van der Waals surface area contributed by atoms with Gasteiger partial charge in [-0.3, -0.25) is 9.35 Å². The van der Waals surface area contributed by atoms with Gasteiger partial charge in [-0.05, 0) is 19.3 Å². The zero-order valence-electron chi connectivity index (χ0n) is 6.47. The molecule has 12 heavy (non-hydrogen) atoms. The number of nitrogens with zero attached hydrogens (tertiary/aromatic N) is 1. The molecular weight excluding hydrogens is 182 g/mol. The van der Waals surface area contributed by atoms with E-state index >= 15 is 0 Å². The van der Waals surface area contributed by atoms with Crippen LogP contribution in [0.25, 0.3) is 0 Å². The predicted molar refractivity (Wildman–Crippen MR) is 42.8 cm³/mol. The molecular formula is C6H11NO4S. The third kappa shape index (κ3) is 2.02. The van der Waals surface area contributed by atoms with Crippen molar-refractivity contribution in [2.45, 2.75) is 25.3 Å². The Kier molecular flexibility index (Phi) is 3.19. The predicted octanol–water partition coefficient (Wildman–Crippen LogP) is 0.0622.